The largest absolute Gasteiger partial charge is 0.482 e. The fraction of sp³-hybridized carbons (Fsp3) is 0.100. The minimum Gasteiger partial charge on any atom is -0.482 e. The number of amides is 5. The molecule has 0 aliphatic carbocycles. The molecule has 0 spiro atoms. The van der Waals surface area contributed by atoms with Crippen molar-refractivity contribution in [3.8, 4) is 5.75 Å². The van der Waals surface area contributed by atoms with E-state index in [2.05, 4.69) is 5.32 Å². The van der Waals surface area contributed by atoms with E-state index in [1.54, 1.807) is 19.1 Å². The van der Waals surface area contributed by atoms with Crippen molar-refractivity contribution in [2.75, 3.05) is 11.5 Å². The van der Waals surface area contributed by atoms with Gasteiger partial charge in [0.1, 0.15) is 11.3 Å². The van der Waals surface area contributed by atoms with Crippen molar-refractivity contribution in [2.45, 2.75) is 6.92 Å². The van der Waals surface area contributed by atoms with Crippen LogP contribution in [0.3, 0.4) is 0 Å². The zero-order valence-electron chi connectivity index (χ0n) is 15.6. The molecule has 2 aromatic rings. The van der Waals surface area contributed by atoms with Crippen molar-refractivity contribution in [2.24, 2.45) is 5.73 Å². The van der Waals surface area contributed by atoms with Gasteiger partial charge in [0.15, 0.2) is 6.61 Å². The summed E-state index contributed by atoms with van der Waals surface area (Å²) < 4.78 is 5.16. The number of hydrogen-bond acceptors (Lipinski definition) is 5. The Balaban J connectivity index is 1.93. The number of urea groups is 1. The third-order valence-corrected chi connectivity index (χ3v) is 4.85. The highest BCUT2D eigenvalue weighted by molar-refractivity contribution is 6.39. The number of ether oxygens (including phenoxy) is 1. The fourth-order valence-corrected chi connectivity index (χ4v) is 3.07. The van der Waals surface area contributed by atoms with Crippen molar-refractivity contribution in [1.82, 2.24) is 5.32 Å². The van der Waals surface area contributed by atoms with E-state index in [0.29, 0.717) is 10.6 Å². The molecule has 1 saturated heterocycles. The second kappa shape index (κ2) is 8.56. The number of nitrogens with zero attached hydrogens (tertiary/aromatic N) is 1. The molecule has 8 nitrogen and oxygen atoms in total. The first-order valence-corrected chi connectivity index (χ1v) is 9.31. The highest BCUT2D eigenvalue weighted by Crippen LogP contribution is 2.29. The number of barbiturate groups is 1. The molecule has 0 atom stereocenters. The van der Waals surface area contributed by atoms with Gasteiger partial charge in [0.25, 0.3) is 17.7 Å². The van der Waals surface area contributed by atoms with Crippen molar-refractivity contribution in [3.05, 3.63) is 63.1 Å². The number of primary amides is 1. The molecule has 0 radical (unpaired) electrons. The summed E-state index contributed by atoms with van der Waals surface area (Å²) in [5.41, 5.74) is 6.15. The van der Waals surface area contributed by atoms with Gasteiger partial charge in [-0.15, -0.1) is 0 Å². The van der Waals surface area contributed by atoms with E-state index < -0.39 is 23.8 Å². The van der Waals surface area contributed by atoms with Gasteiger partial charge in [-0.3, -0.25) is 19.7 Å². The molecule has 1 heterocycles. The van der Waals surface area contributed by atoms with Crippen LogP contribution in [0.2, 0.25) is 10.0 Å². The van der Waals surface area contributed by atoms with E-state index in [-0.39, 0.29) is 28.6 Å². The third-order valence-electron chi connectivity index (χ3n) is 4.15. The Bertz CT molecular complexity index is 1110. The highest BCUT2D eigenvalue weighted by atomic mass is 35.5. The van der Waals surface area contributed by atoms with Crippen LogP contribution in [0.1, 0.15) is 11.1 Å². The smallest absolute Gasteiger partial charge is 0.335 e. The Hall–Kier alpha value is -3.36. The highest BCUT2D eigenvalue weighted by Gasteiger charge is 2.37. The van der Waals surface area contributed by atoms with Crippen LogP contribution >= 0.6 is 23.2 Å². The molecule has 3 rings (SSSR count). The van der Waals surface area contributed by atoms with Crippen LogP contribution in [0.15, 0.2) is 42.0 Å². The molecule has 0 aromatic heterocycles. The second-order valence-corrected chi connectivity index (χ2v) is 7.15. The lowest BCUT2D eigenvalue weighted by Gasteiger charge is -2.26. The maximum Gasteiger partial charge on any atom is 0.335 e. The van der Waals surface area contributed by atoms with Crippen LogP contribution in [0, 0.1) is 6.92 Å². The lowest BCUT2D eigenvalue weighted by molar-refractivity contribution is -0.123. The van der Waals surface area contributed by atoms with Crippen molar-refractivity contribution < 1.29 is 23.9 Å². The Morgan fingerprint density at radius 1 is 1.13 bits per heavy atom. The average Bonchev–Trinajstić information content (AvgIpc) is 2.67. The number of aryl methyl sites for hydroxylation is 1. The van der Waals surface area contributed by atoms with Crippen LogP contribution in [0.4, 0.5) is 10.5 Å². The maximum absolute atomic E-state index is 12.9. The molecule has 3 N–H and O–H groups in total. The number of hydrogen-bond donors (Lipinski definition) is 2. The van der Waals surface area contributed by atoms with Gasteiger partial charge in [-0.1, -0.05) is 35.3 Å². The molecule has 2 aromatic carbocycles. The van der Waals surface area contributed by atoms with Gasteiger partial charge in [-0.05, 0) is 48.4 Å². The molecule has 5 amide bonds. The predicted octanol–water partition coefficient (Wildman–Crippen LogP) is 2.83. The summed E-state index contributed by atoms with van der Waals surface area (Å²) in [6, 6.07) is 8.22. The number of carbonyl (C=O) groups excluding carboxylic acids is 4. The number of nitrogens with one attached hydrogen (secondary N) is 1. The number of nitrogens with two attached hydrogens (primary N) is 1. The normalized spacial score (nSPS) is 15.4. The molecular weight excluding hydrogens is 433 g/mol. The molecule has 154 valence electrons. The average molecular weight is 448 g/mol. The summed E-state index contributed by atoms with van der Waals surface area (Å²) in [4.78, 5) is 49.1. The van der Waals surface area contributed by atoms with Gasteiger partial charge in [-0.25, -0.2) is 9.69 Å². The van der Waals surface area contributed by atoms with Crippen LogP contribution in [-0.2, 0) is 14.4 Å². The summed E-state index contributed by atoms with van der Waals surface area (Å²) >= 11 is 12.2. The molecule has 1 fully saturated rings. The number of imide groups is 2. The van der Waals surface area contributed by atoms with Crippen LogP contribution < -0.4 is 20.7 Å². The molecule has 0 saturated carbocycles. The summed E-state index contributed by atoms with van der Waals surface area (Å²) in [5, 5.41) is 2.64. The van der Waals surface area contributed by atoms with E-state index in [0.717, 1.165) is 10.5 Å². The zero-order chi connectivity index (χ0) is 22.0. The number of benzene rings is 2. The summed E-state index contributed by atoms with van der Waals surface area (Å²) in [5.74, 6) is -2.11. The number of rotatable bonds is 5. The summed E-state index contributed by atoms with van der Waals surface area (Å²) in [7, 11) is 0. The van der Waals surface area contributed by atoms with Crippen LogP contribution in [-0.4, -0.2) is 30.4 Å². The SMILES string of the molecule is Cc1ccc(N2C(=O)NC(=O)/C(=C\c3ccc(OCC(N)=O)c(Cl)c3)C2=O)cc1Cl. The summed E-state index contributed by atoms with van der Waals surface area (Å²) in [6.45, 7) is 1.43. The van der Waals surface area contributed by atoms with Gasteiger partial charge >= 0.3 is 6.03 Å². The quantitative estimate of drug-likeness (QED) is 0.539. The molecule has 0 unspecified atom stereocenters. The molecule has 30 heavy (non-hydrogen) atoms. The van der Waals surface area contributed by atoms with Crippen LogP contribution in [0.25, 0.3) is 6.08 Å². The van der Waals surface area contributed by atoms with Crippen molar-refractivity contribution >= 4 is 58.7 Å². The van der Waals surface area contributed by atoms with Gasteiger partial charge in [0.05, 0.1) is 10.7 Å². The third kappa shape index (κ3) is 4.45. The Kier molecular flexibility index (Phi) is 6.09. The Morgan fingerprint density at radius 2 is 1.87 bits per heavy atom. The first-order valence-electron chi connectivity index (χ1n) is 8.55. The summed E-state index contributed by atoms with van der Waals surface area (Å²) in [6.07, 6.45) is 1.29. The van der Waals surface area contributed by atoms with E-state index in [1.165, 1.54) is 30.3 Å². The molecule has 1 aliphatic rings. The minimum absolute atomic E-state index is 0.146. The van der Waals surface area contributed by atoms with E-state index in [4.69, 9.17) is 33.7 Å². The zero-order valence-corrected chi connectivity index (χ0v) is 17.1. The van der Waals surface area contributed by atoms with Gasteiger partial charge in [0, 0.05) is 5.02 Å². The molecule has 1 aliphatic heterocycles. The van der Waals surface area contributed by atoms with E-state index in [1.807, 2.05) is 0 Å². The van der Waals surface area contributed by atoms with E-state index in [9.17, 15) is 19.2 Å². The molecule has 0 bridgehead atoms. The Labute approximate surface area is 181 Å². The standard InChI is InChI=1S/C20H15Cl2N3O5/c1-10-2-4-12(8-14(10)21)25-19(28)13(18(27)24-20(25)29)6-11-3-5-16(15(22)7-11)30-9-17(23)26/h2-8H,9H2,1H3,(H2,23,26)(H,24,27,29)/b13-6+. The van der Waals surface area contributed by atoms with Crippen molar-refractivity contribution in [3.63, 3.8) is 0 Å². The number of carbonyl (C=O) groups is 4. The van der Waals surface area contributed by atoms with Crippen LogP contribution in [0.5, 0.6) is 5.75 Å². The minimum atomic E-state index is -0.879. The number of halogens is 2. The topological polar surface area (TPSA) is 119 Å². The first-order chi connectivity index (χ1) is 14.2. The van der Waals surface area contributed by atoms with Gasteiger partial charge in [-0.2, -0.15) is 0 Å². The monoisotopic (exact) mass is 447 g/mol. The lowest BCUT2D eigenvalue weighted by atomic mass is 10.1. The second-order valence-electron chi connectivity index (χ2n) is 6.34. The molecule has 10 heteroatoms. The Morgan fingerprint density at radius 3 is 2.50 bits per heavy atom. The maximum atomic E-state index is 12.9. The molecular formula is C20H15Cl2N3O5. The first kappa shape index (κ1) is 21.4. The predicted molar refractivity (Wildman–Crippen MR) is 111 cm³/mol. The number of anilines is 1. The fourth-order valence-electron chi connectivity index (χ4n) is 2.65. The van der Waals surface area contributed by atoms with Crippen molar-refractivity contribution in [1.29, 1.82) is 0 Å². The van der Waals surface area contributed by atoms with E-state index >= 15 is 0 Å². The van der Waals surface area contributed by atoms with Gasteiger partial charge in [0.2, 0.25) is 0 Å². The lowest BCUT2D eigenvalue weighted by Crippen LogP contribution is -2.54. The van der Waals surface area contributed by atoms with Gasteiger partial charge < -0.3 is 10.5 Å².